The average molecular weight is 228 g/mol. The van der Waals surface area contributed by atoms with E-state index in [1.54, 1.807) is 0 Å². The summed E-state index contributed by atoms with van der Waals surface area (Å²) in [6.45, 7) is 7.35. The van der Waals surface area contributed by atoms with Gasteiger partial charge >= 0.3 is 0 Å². The molecule has 1 rings (SSSR count). The Morgan fingerprint density at radius 2 is 2.13 bits per heavy atom. The molecule has 0 aromatic heterocycles. The molecule has 0 aromatic carbocycles. The molecule has 0 amide bonds. The topological polar surface area (TPSA) is 9.23 Å². The van der Waals surface area contributed by atoms with Gasteiger partial charge in [-0.2, -0.15) is 11.8 Å². The molecule has 1 atom stereocenters. The minimum absolute atomic E-state index is 0.391. The van der Waals surface area contributed by atoms with Crippen LogP contribution in [0.25, 0.3) is 0 Å². The SMILES string of the molecule is CCC1(COC=C(C)C)CCCCCS1. The summed E-state index contributed by atoms with van der Waals surface area (Å²) in [6, 6.07) is 0. The van der Waals surface area contributed by atoms with Gasteiger partial charge in [-0.25, -0.2) is 0 Å². The van der Waals surface area contributed by atoms with E-state index in [-0.39, 0.29) is 0 Å². The molecule has 1 aliphatic rings. The summed E-state index contributed by atoms with van der Waals surface area (Å²) in [6.07, 6.45) is 8.62. The Morgan fingerprint density at radius 3 is 2.80 bits per heavy atom. The fraction of sp³-hybridized carbons (Fsp3) is 0.846. The van der Waals surface area contributed by atoms with E-state index in [0.717, 1.165) is 6.61 Å². The maximum atomic E-state index is 5.70. The minimum atomic E-state index is 0.391. The molecule has 1 nitrogen and oxygen atoms in total. The van der Waals surface area contributed by atoms with Crippen LogP contribution in [0, 0.1) is 0 Å². The van der Waals surface area contributed by atoms with Crippen molar-refractivity contribution in [2.75, 3.05) is 12.4 Å². The zero-order valence-corrected chi connectivity index (χ0v) is 11.2. The van der Waals surface area contributed by atoms with Crippen LogP contribution in [-0.4, -0.2) is 17.1 Å². The monoisotopic (exact) mass is 228 g/mol. The standard InChI is InChI=1S/C13H24OS/c1-4-13(11-14-10-12(2)3)8-6-5-7-9-15-13/h10H,4-9,11H2,1-3H3. The van der Waals surface area contributed by atoms with E-state index in [9.17, 15) is 0 Å². The van der Waals surface area contributed by atoms with E-state index in [1.165, 1.54) is 43.4 Å². The van der Waals surface area contributed by atoms with Crippen LogP contribution in [-0.2, 0) is 4.74 Å². The summed E-state index contributed by atoms with van der Waals surface area (Å²) in [5.74, 6) is 1.31. The molecule has 1 saturated heterocycles. The van der Waals surface area contributed by atoms with Crippen LogP contribution in [0.2, 0.25) is 0 Å². The highest BCUT2D eigenvalue weighted by Gasteiger charge is 2.30. The number of allylic oxidation sites excluding steroid dienone is 1. The van der Waals surface area contributed by atoms with Gasteiger partial charge in [-0.3, -0.25) is 0 Å². The van der Waals surface area contributed by atoms with Gasteiger partial charge in [0.25, 0.3) is 0 Å². The van der Waals surface area contributed by atoms with Crippen LogP contribution < -0.4 is 0 Å². The third-order valence-corrected chi connectivity index (χ3v) is 4.71. The Balaban J connectivity index is 2.46. The van der Waals surface area contributed by atoms with Crippen molar-refractivity contribution in [2.45, 2.75) is 57.6 Å². The van der Waals surface area contributed by atoms with E-state index >= 15 is 0 Å². The summed E-state index contributed by atoms with van der Waals surface area (Å²) in [4.78, 5) is 0. The fourth-order valence-electron chi connectivity index (χ4n) is 1.94. The van der Waals surface area contributed by atoms with Gasteiger partial charge in [0.1, 0.15) is 6.61 Å². The molecule has 0 N–H and O–H groups in total. The van der Waals surface area contributed by atoms with Crippen molar-refractivity contribution in [3.63, 3.8) is 0 Å². The summed E-state index contributed by atoms with van der Waals surface area (Å²) in [5.41, 5.74) is 1.25. The van der Waals surface area contributed by atoms with E-state index in [2.05, 4.69) is 32.5 Å². The predicted octanol–water partition coefficient (Wildman–Crippen LogP) is 4.38. The largest absolute Gasteiger partial charge is 0.500 e. The quantitative estimate of drug-likeness (QED) is 0.660. The molecular weight excluding hydrogens is 204 g/mol. The van der Waals surface area contributed by atoms with Crippen molar-refractivity contribution >= 4 is 11.8 Å². The Labute approximate surface area is 98.7 Å². The maximum Gasteiger partial charge on any atom is 0.102 e. The van der Waals surface area contributed by atoms with Gasteiger partial charge in [-0.15, -0.1) is 0 Å². The van der Waals surface area contributed by atoms with Crippen LogP contribution in [0.3, 0.4) is 0 Å². The van der Waals surface area contributed by atoms with E-state index in [4.69, 9.17) is 4.74 Å². The van der Waals surface area contributed by atoms with E-state index in [1.807, 2.05) is 6.26 Å². The molecule has 0 aliphatic carbocycles. The Bertz CT molecular complexity index is 199. The van der Waals surface area contributed by atoms with Crippen LogP contribution in [0.4, 0.5) is 0 Å². The molecule has 1 heterocycles. The van der Waals surface area contributed by atoms with Gasteiger partial charge in [0, 0.05) is 4.75 Å². The molecule has 2 heteroatoms. The second kappa shape index (κ2) is 6.47. The first-order valence-corrected chi connectivity index (χ1v) is 7.06. The third-order valence-electron chi connectivity index (χ3n) is 2.99. The lowest BCUT2D eigenvalue weighted by molar-refractivity contribution is 0.200. The van der Waals surface area contributed by atoms with Crippen molar-refractivity contribution < 1.29 is 4.74 Å². The van der Waals surface area contributed by atoms with Gasteiger partial charge in [-0.05, 0) is 44.4 Å². The molecule has 1 aliphatic heterocycles. The smallest absolute Gasteiger partial charge is 0.102 e. The van der Waals surface area contributed by atoms with Crippen molar-refractivity contribution in [3.8, 4) is 0 Å². The Kier molecular flexibility index (Phi) is 5.59. The molecule has 88 valence electrons. The highest BCUT2D eigenvalue weighted by Crippen LogP contribution is 2.38. The third kappa shape index (κ3) is 4.50. The van der Waals surface area contributed by atoms with Gasteiger partial charge < -0.3 is 4.74 Å². The summed E-state index contributed by atoms with van der Waals surface area (Å²) < 4.78 is 6.09. The number of hydrogen-bond donors (Lipinski definition) is 0. The Morgan fingerprint density at radius 1 is 1.33 bits per heavy atom. The molecule has 0 aromatic rings. The first-order valence-electron chi connectivity index (χ1n) is 6.07. The molecule has 0 radical (unpaired) electrons. The number of thioether (sulfide) groups is 1. The summed E-state index contributed by atoms with van der Waals surface area (Å²) >= 11 is 2.13. The fourth-order valence-corrected chi connectivity index (χ4v) is 3.37. The molecule has 0 spiro atoms. The van der Waals surface area contributed by atoms with Crippen LogP contribution in [0.1, 0.15) is 52.9 Å². The Hall–Kier alpha value is -0.110. The highest BCUT2D eigenvalue weighted by atomic mass is 32.2. The van der Waals surface area contributed by atoms with Crippen LogP contribution in [0.15, 0.2) is 11.8 Å². The van der Waals surface area contributed by atoms with Crippen molar-refractivity contribution in [1.82, 2.24) is 0 Å². The molecule has 15 heavy (non-hydrogen) atoms. The normalized spacial score (nSPS) is 26.9. The van der Waals surface area contributed by atoms with Crippen molar-refractivity contribution in [1.29, 1.82) is 0 Å². The number of hydrogen-bond acceptors (Lipinski definition) is 2. The van der Waals surface area contributed by atoms with Gasteiger partial charge in [0.2, 0.25) is 0 Å². The van der Waals surface area contributed by atoms with E-state index in [0.29, 0.717) is 4.75 Å². The van der Waals surface area contributed by atoms with Gasteiger partial charge in [0.15, 0.2) is 0 Å². The second-order valence-corrected chi connectivity index (χ2v) is 6.26. The maximum absolute atomic E-state index is 5.70. The lowest BCUT2D eigenvalue weighted by Crippen LogP contribution is -2.29. The van der Waals surface area contributed by atoms with E-state index < -0.39 is 0 Å². The average Bonchev–Trinajstić information content (AvgIpc) is 2.44. The lowest BCUT2D eigenvalue weighted by Gasteiger charge is -2.30. The zero-order chi connectivity index (χ0) is 11.1. The first kappa shape index (κ1) is 13.0. The molecule has 0 saturated carbocycles. The predicted molar refractivity (Wildman–Crippen MR) is 69.3 cm³/mol. The molecular formula is C13H24OS. The number of rotatable bonds is 4. The van der Waals surface area contributed by atoms with Gasteiger partial charge in [-0.1, -0.05) is 19.8 Å². The molecule has 1 fully saturated rings. The zero-order valence-electron chi connectivity index (χ0n) is 10.3. The summed E-state index contributed by atoms with van der Waals surface area (Å²) in [5, 5.41) is 0. The second-order valence-electron chi connectivity index (χ2n) is 4.70. The number of ether oxygens (including phenoxy) is 1. The van der Waals surface area contributed by atoms with Crippen LogP contribution in [0.5, 0.6) is 0 Å². The highest BCUT2D eigenvalue weighted by molar-refractivity contribution is 8.00. The van der Waals surface area contributed by atoms with Crippen molar-refractivity contribution in [2.24, 2.45) is 0 Å². The molecule has 1 unspecified atom stereocenters. The molecule has 0 bridgehead atoms. The van der Waals surface area contributed by atoms with Crippen molar-refractivity contribution in [3.05, 3.63) is 11.8 Å². The minimum Gasteiger partial charge on any atom is -0.500 e. The first-order chi connectivity index (χ1) is 7.18. The van der Waals surface area contributed by atoms with Gasteiger partial charge in [0.05, 0.1) is 6.26 Å². The van der Waals surface area contributed by atoms with Crippen LogP contribution >= 0.6 is 11.8 Å². The summed E-state index contributed by atoms with van der Waals surface area (Å²) in [7, 11) is 0. The lowest BCUT2D eigenvalue weighted by atomic mass is 9.99.